The standard InChI is InChI=1S/C14H23ClN2O/c1-4-17(5-2)8-9-18-14-7-6-12(15)10-13(14)11(3)16/h6-7,10-11H,4-5,8-9,16H2,1-3H3/t11-/m0/s1. The molecule has 0 amide bonds. The first-order valence-corrected chi connectivity index (χ1v) is 6.86. The summed E-state index contributed by atoms with van der Waals surface area (Å²) in [5, 5.41) is 0.693. The highest BCUT2D eigenvalue weighted by molar-refractivity contribution is 6.30. The van der Waals surface area contributed by atoms with Crippen molar-refractivity contribution in [3.05, 3.63) is 28.8 Å². The number of likely N-dealkylation sites (N-methyl/N-ethyl adjacent to an activating group) is 1. The molecule has 0 heterocycles. The third-order valence-electron chi connectivity index (χ3n) is 3.02. The summed E-state index contributed by atoms with van der Waals surface area (Å²) >= 11 is 5.97. The molecule has 2 N–H and O–H groups in total. The van der Waals surface area contributed by atoms with Gasteiger partial charge in [0.25, 0.3) is 0 Å². The molecule has 0 aliphatic heterocycles. The van der Waals surface area contributed by atoms with Crippen LogP contribution in [0.4, 0.5) is 0 Å². The fourth-order valence-electron chi connectivity index (χ4n) is 1.83. The SMILES string of the molecule is CCN(CC)CCOc1ccc(Cl)cc1[C@H](C)N. The predicted molar refractivity (Wildman–Crippen MR) is 77.3 cm³/mol. The summed E-state index contributed by atoms with van der Waals surface area (Å²) < 4.78 is 5.81. The van der Waals surface area contributed by atoms with Gasteiger partial charge in [0.2, 0.25) is 0 Å². The number of hydrogen-bond donors (Lipinski definition) is 1. The largest absolute Gasteiger partial charge is 0.492 e. The molecular formula is C14H23ClN2O. The maximum Gasteiger partial charge on any atom is 0.124 e. The first kappa shape index (κ1) is 15.3. The third kappa shape index (κ3) is 4.48. The third-order valence-corrected chi connectivity index (χ3v) is 3.26. The summed E-state index contributed by atoms with van der Waals surface area (Å²) in [6.45, 7) is 9.92. The molecule has 0 saturated carbocycles. The van der Waals surface area contributed by atoms with Gasteiger partial charge >= 0.3 is 0 Å². The fourth-order valence-corrected chi connectivity index (χ4v) is 2.01. The van der Waals surface area contributed by atoms with Crippen LogP contribution in [-0.2, 0) is 0 Å². The second-order valence-electron chi connectivity index (χ2n) is 4.35. The minimum Gasteiger partial charge on any atom is -0.492 e. The van der Waals surface area contributed by atoms with Crippen molar-refractivity contribution in [2.24, 2.45) is 5.73 Å². The van der Waals surface area contributed by atoms with Crippen LogP contribution >= 0.6 is 11.6 Å². The van der Waals surface area contributed by atoms with E-state index < -0.39 is 0 Å². The van der Waals surface area contributed by atoms with Crippen LogP contribution < -0.4 is 10.5 Å². The Morgan fingerprint density at radius 3 is 2.56 bits per heavy atom. The second kappa shape index (κ2) is 7.62. The molecule has 102 valence electrons. The number of hydrogen-bond acceptors (Lipinski definition) is 3. The van der Waals surface area contributed by atoms with Crippen LogP contribution in [0.1, 0.15) is 32.4 Å². The lowest BCUT2D eigenvalue weighted by Crippen LogP contribution is -2.28. The Morgan fingerprint density at radius 2 is 2.00 bits per heavy atom. The van der Waals surface area contributed by atoms with Crippen LogP contribution in [-0.4, -0.2) is 31.1 Å². The zero-order chi connectivity index (χ0) is 13.5. The zero-order valence-electron chi connectivity index (χ0n) is 11.4. The smallest absolute Gasteiger partial charge is 0.124 e. The molecule has 18 heavy (non-hydrogen) atoms. The van der Waals surface area contributed by atoms with Crippen LogP contribution in [0.25, 0.3) is 0 Å². The Morgan fingerprint density at radius 1 is 1.33 bits per heavy atom. The van der Waals surface area contributed by atoms with Gasteiger partial charge in [-0.1, -0.05) is 25.4 Å². The molecule has 1 aromatic rings. The highest BCUT2D eigenvalue weighted by Crippen LogP contribution is 2.27. The lowest BCUT2D eigenvalue weighted by molar-refractivity contribution is 0.221. The summed E-state index contributed by atoms with van der Waals surface area (Å²) in [5.41, 5.74) is 6.88. The van der Waals surface area contributed by atoms with Gasteiger partial charge in [0.15, 0.2) is 0 Å². The van der Waals surface area contributed by atoms with E-state index in [0.717, 1.165) is 30.9 Å². The summed E-state index contributed by atoms with van der Waals surface area (Å²) in [5.74, 6) is 0.835. The monoisotopic (exact) mass is 270 g/mol. The molecule has 0 fully saturated rings. The Balaban J connectivity index is 2.61. The lowest BCUT2D eigenvalue weighted by Gasteiger charge is -2.19. The fraction of sp³-hybridized carbons (Fsp3) is 0.571. The molecular weight excluding hydrogens is 248 g/mol. The topological polar surface area (TPSA) is 38.5 Å². The Labute approximate surface area is 115 Å². The van der Waals surface area contributed by atoms with Gasteiger partial charge in [-0.15, -0.1) is 0 Å². The van der Waals surface area contributed by atoms with Gasteiger partial charge in [-0.2, -0.15) is 0 Å². The van der Waals surface area contributed by atoms with E-state index in [9.17, 15) is 0 Å². The first-order chi connectivity index (χ1) is 8.58. The van der Waals surface area contributed by atoms with Gasteiger partial charge in [0.05, 0.1) is 0 Å². The first-order valence-electron chi connectivity index (χ1n) is 6.48. The summed E-state index contributed by atoms with van der Waals surface area (Å²) in [7, 11) is 0. The molecule has 3 nitrogen and oxygen atoms in total. The van der Waals surface area contributed by atoms with E-state index in [4.69, 9.17) is 22.1 Å². The van der Waals surface area contributed by atoms with Gasteiger partial charge in [0, 0.05) is 23.2 Å². The number of nitrogens with zero attached hydrogens (tertiary/aromatic N) is 1. The minimum atomic E-state index is -0.0767. The van der Waals surface area contributed by atoms with E-state index in [1.54, 1.807) is 0 Å². The van der Waals surface area contributed by atoms with Gasteiger partial charge in [0.1, 0.15) is 12.4 Å². The number of nitrogens with two attached hydrogens (primary N) is 1. The van der Waals surface area contributed by atoms with Crippen molar-refractivity contribution in [2.75, 3.05) is 26.2 Å². The number of halogens is 1. The maximum atomic E-state index is 5.97. The molecule has 1 atom stereocenters. The molecule has 0 radical (unpaired) electrons. The molecule has 0 spiro atoms. The average molecular weight is 271 g/mol. The highest BCUT2D eigenvalue weighted by atomic mass is 35.5. The van der Waals surface area contributed by atoms with Crippen LogP contribution in [0.2, 0.25) is 5.02 Å². The van der Waals surface area contributed by atoms with Crippen LogP contribution in [0.5, 0.6) is 5.75 Å². The van der Waals surface area contributed by atoms with Gasteiger partial charge in [-0.05, 0) is 38.2 Å². The quantitative estimate of drug-likeness (QED) is 0.828. The average Bonchev–Trinajstić information content (AvgIpc) is 2.36. The normalized spacial score (nSPS) is 12.8. The van der Waals surface area contributed by atoms with E-state index in [1.165, 1.54) is 0 Å². The van der Waals surface area contributed by atoms with E-state index in [1.807, 2.05) is 25.1 Å². The van der Waals surface area contributed by atoms with E-state index in [-0.39, 0.29) is 6.04 Å². The van der Waals surface area contributed by atoms with Crippen LogP contribution in [0, 0.1) is 0 Å². The van der Waals surface area contributed by atoms with Crippen molar-refractivity contribution in [2.45, 2.75) is 26.8 Å². The molecule has 1 rings (SSSR count). The molecule has 1 aromatic carbocycles. The Hall–Kier alpha value is -0.770. The number of benzene rings is 1. The molecule has 4 heteroatoms. The van der Waals surface area contributed by atoms with Crippen LogP contribution in [0.15, 0.2) is 18.2 Å². The second-order valence-corrected chi connectivity index (χ2v) is 4.78. The van der Waals surface area contributed by atoms with E-state index >= 15 is 0 Å². The minimum absolute atomic E-state index is 0.0767. The number of ether oxygens (including phenoxy) is 1. The maximum absolute atomic E-state index is 5.97. The molecule has 0 aliphatic carbocycles. The van der Waals surface area contributed by atoms with E-state index in [2.05, 4.69) is 18.7 Å². The summed E-state index contributed by atoms with van der Waals surface area (Å²) in [4.78, 5) is 2.32. The Kier molecular flexibility index (Phi) is 6.47. The van der Waals surface area contributed by atoms with Crippen molar-refractivity contribution in [3.63, 3.8) is 0 Å². The predicted octanol–water partition coefficient (Wildman–Crippen LogP) is 3.08. The van der Waals surface area contributed by atoms with Crippen molar-refractivity contribution < 1.29 is 4.74 Å². The highest BCUT2D eigenvalue weighted by Gasteiger charge is 2.09. The van der Waals surface area contributed by atoms with Gasteiger partial charge in [-0.25, -0.2) is 0 Å². The van der Waals surface area contributed by atoms with E-state index in [0.29, 0.717) is 11.6 Å². The summed E-state index contributed by atoms with van der Waals surface area (Å²) in [6, 6.07) is 5.52. The molecule has 0 saturated heterocycles. The van der Waals surface area contributed by atoms with Crippen molar-refractivity contribution in [1.29, 1.82) is 0 Å². The van der Waals surface area contributed by atoms with Crippen molar-refractivity contribution >= 4 is 11.6 Å². The van der Waals surface area contributed by atoms with Crippen molar-refractivity contribution in [1.82, 2.24) is 4.90 Å². The number of rotatable bonds is 7. The van der Waals surface area contributed by atoms with Gasteiger partial charge in [-0.3, -0.25) is 0 Å². The van der Waals surface area contributed by atoms with Crippen LogP contribution in [0.3, 0.4) is 0 Å². The summed E-state index contributed by atoms with van der Waals surface area (Å²) in [6.07, 6.45) is 0. The zero-order valence-corrected chi connectivity index (χ0v) is 12.2. The van der Waals surface area contributed by atoms with Gasteiger partial charge < -0.3 is 15.4 Å². The molecule has 0 aliphatic rings. The Bertz CT molecular complexity index is 365. The molecule has 0 aromatic heterocycles. The lowest BCUT2D eigenvalue weighted by atomic mass is 10.1. The van der Waals surface area contributed by atoms with Crippen molar-refractivity contribution in [3.8, 4) is 5.75 Å². The molecule has 0 bridgehead atoms. The molecule has 0 unspecified atom stereocenters.